The Kier molecular flexibility index (Phi) is 5.80. The van der Waals surface area contributed by atoms with E-state index in [0.29, 0.717) is 12.3 Å². The lowest BCUT2D eigenvalue weighted by molar-refractivity contribution is -0.138. The van der Waals surface area contributed by atoms with Crippen molar-refractivity contribution < 1.29 is 9.90 Å². The Hall–Kier alpha value is -1.35. The molecule has 1 aliphatic rings. The second-order valence-electron chi connectivity index (χ2n) is 6.40. The first-order valence-corrected chi connectivity index (χ1v) is 8.17. The van der Waals surface area contributed by atoms with Crippen molar-refractivity contribution in [3.63, 3.8) is 0 Å². The number of hydrogen-bond acceptors (Lipinski definition) is 2. The molecular formula is C18H27NO2. The first-order valence-electron chi connectivity index (χ1n) is 8.17. The molecule has 1 atom stereocenters. The monoisotopic (exact) mass is 289 g/mol. The number of carbonyl (C=O) groups is 1. The first kappa shape index (κ1) is 16.0. The normalized spacial score (nSPS) is 23.7. The average molecular weight is 289 g/mol. The van der Waals surface area contributed by atoms with E-state index in [1.807, 2.05) is 12.1 Å². The van der Waals surface area contributed by atoms with Crippen LogP contribution in [-0.2, 0) is 11.2 Å². The summed E-state index contributed by atoms with van der Waals surface area (Å²) in [4.78, 5) is 10.8. The highest BCUT2D eigenvalue weighted by Gasteiger charge is 2.21. The summed E-state index contributed by atoms with van der Waals surface area (Å²) in [7, 11) is 0. The molecule has 116 valence electrons. The lowest BCUT2D eigenvalue weighted by Crippen LogP contribution is -2.32. The van der Waals surface area contributed by atoms with Crippen LogP contribution in [0.5, 0.6) is 0 Å². The summed E-state index contributed by atoms with van der Waals surface area (Å²) in [6.07, 6.45) is 8.36. The number of benzene rings is 1. The molecular weight excluding hydrogens is 262 g/mol. The first-order chi connectivity index (χ1) is 10.1. The Balaban J connectivity index is 1.89. The van der Waals surface area contributed by atoms with Crippen LogP contribution in [0.4, 0.5) is 0 Å². The van der Waals surface area contributed by atoms with Crippen LogP contribution in [0.3, 0.4) is 0 Å². The van der Waals surface area contributed by atoms with Gasteiger partial charge in [0.15, 0.2) is 0 Å². The van der Waals surface area contributed by atoms with Gasteiger partial charge in [0.1, 0.15) is 6.04 Å². The van der Waals surface area contributed by atoms with Crippen molar-refractivity contribution in [2.24, 2.45) is 11.7 Å². The fourth-order valence-corrected chi connectivity index (χ4v) is 3.46. The number of rotatable bonds is 6. The van der Waals surface area contributed by atoms with Crippen molar-refractivity contribution in [3.05, 3.63) is 35.4 Å². The van der Waals surface area contributed by atoms with E-state index in [-0.39, 0.29) is 0 Å². The zero-order valence-electron chi connectivity index (χ0n) is 12.9. The van der Waals surface area contributed by atoms with Crippen LogP contribution in [-0.4, -0.2) is 17.1 Å². The van der Waals surface area contributed by atoms with Gasteiger partial charge in [-0.15, -0.1) is 0 Å². The van der Waals surface area contributed by atoms with Crippen molar-refractivity contribution in [3.8, 4) is 0 Å². The van der Waals surface area contributed by atoms with Gasteiger partial charge in [0.05, 0.1) is 0 Å². The molecule has 2 rings (SSSR count). The molecule has 1 aliphatic carbocycles. The predicted octanol–water partition coefficient (Wildman–Crippen LogP) is 3.71. The summed E-state index contributed by atoms with van der Waals surface area (Å²) in [5, 5.41) is 8.85. The van der Waals surface area contributed by atoms with E-state index in [1.54, 1.807) is 0 Å². The number of nitrogens with two attached hydrogens (primary N) is 1. The number of aliphatic carboxylic acids is 1. The van der Waals surface area contributed by atoms with Crippen molar-refractivity contribution in [1.82, 2.24) is 0 Å². The van der Waals surface area contributed by atoms with E-state index >= 15 is 0 Å². The van der Waals surface area contributed by atoms with E-state index in [4.69, 9.17) is 10.8 Å². The molecule has 0 amide bonds. The molecule has 1 fully saturated rings. The van der Waals surface area contributed by atoms with Crippen LogP contribution >= 0.6 is 0 Å². The van der Waals surface area contributed by atoms with Crippen molar-refractivity contribution in [1.29, 1.82) is 0 Å². The molecule has 1 aromatic rings. The zero-order chi connectivity index (χ0) is 15.2. The van der Waals surface area contributed by atoms with E-state index in [1.165, 1.54) is 44.1 Å². The van der Waals surface area contributed by atoms with Gasteiger partial charge in [-0.1, -0.05) is 44.0 Å². The summed E-state index contributed by atoms with van der Waals surface area (Å²) in [5.41, 5.74) is 7.98. The van der Waals surface area contributed by atoms with E-state index < -0.39 is 12.0 Å². The molecule has 0 heterocycles. The zero-order valence-corrected chi connectivity index (χ0v) is 12.9. The fraction of sp³-hybridized carbons (Fsp3) is 0.611. The van der Waals surface area contributed by atoms with Gasteiger partial charge in [-0.2, -0.15) is 0 Å². The van der Waals surface area contributed by atoms with Gasteiger partial charge in [0.25, 0.3) is 0 Å². The Morgan fingerprint density at radius 3 is 2.38 bits per heavy atom. The van der Waals surface area contributed by atoms with E-state index in [9.17, 15) is 4.79 Å². The summed E-state index contributed by atoms with van der Waals surface area (Å²) >= 11 is 0. The minimum atomic E-state index is -0.937. The van der Waals surface area contributed by atoms with Gasteiger partial charge < -0.3 is 10.8 Å². The molecule has 1 saturated carbocycles. The van der Waals surface area contributed by atoms with Crippen LogP contribution in [0, 0.1) is 5.92 Å². The fourth-order valence-electron chi connectivity index (χ4n) is 3.46. The maximum absolute atomic E-state index is 10.8. The average Bonchev–Trinajstić information content (AvgIpc) is 2.49. The molecule has 3 heteroatoms. The smallest absolute Gasteiger partial charge is 0.320 e. The highest BCUT2D eigenvalue weighted by molar-refractivity contribution is 5.73. The molecule has 3 nitrogen and oxygen atoms in total. The molecule has 0 radical (unpaired) electrons. The van der Waals surface area contributed by atoms with Crippen LogP contribution < -0.4 is 5.73 Å². The van der Waals surface area contributed by atoms with Gasteiger partial charge >= 0.3 is 5.97 Å². The molecule has 0 saturated heterocycles. The summed E-state index contributed by atoms with van der Waals surface area (Å²) in [6.45, 7) is 2.27. The number of carboxylic acids is 1. The maximum Gasteiger partial charge on any atom is 0.320 e. The predicted molar refractivity (Wildman–Crippen MR) is 85.4 cm³/mol. The third-order valence-corrected chi connectivity index (χ3v) is 4.77. The number of carboxylic acid groups (broad SMARTS) is 1. The van der Waals surface area contributed by atoms with Gasteiger partial charge in [-0.25, -0.2) is 0 Å². The molecule has 0 aromatic heterocycles. The molecule has 0 unspecified atom stereocenters. The van der Waals surface area contributed by atoms with Crippen molar-refractivity contribution >= 4 is 5.97 Å². The minimum absolute atomic E-state index is 0.402. The highest BCUT2D eigenvalue weighted by atomic mass is 16.4. The van der Waals surface area contributed by atoms with Gasteiger partial charge in [0.2, 0.25) is 0 Å². The lowest BCUT2D eigenvalue weighted by Gasteiger charge is -2.28. The number of hydrogen-bond donors (Lipinski definition) is 2. The molecule has 0 spiro atoms. The van der Waals surface area contributed by atoms with Gasteiger partial charge in [-0.05, 0) is 55.1 Å². The van der Waals surface area contributed by atoms with E-state index in [2.05, 4.69) is 19.1 Å². The van der Waals surface area contributed by atoms with Gasteiger partial charge in [-0.3, -0.25) is 4.79 Å². The lowest BCUT2D eigenvalue weighted by atomic mass is 9.77. The van der Waals surface area contributed by atoms with Gasteiger partial charge in [0, 0.05) is 0 Å². The molecule has 0 aliphatic heterocycles. The maximum atomic E-state index is 10.8. The molecule has 3 N–H and O–H groups in total. The third kappa shape index (κ3) is 4.57. The van der Waals surface area contributed by atoms with Crippen molar-refractivity contribution in [2.45, 2.75) is 63.8 Å². The standard InChI is InChI=1S/C18H27NO2/c1-2-3-13-4-8-15(9-5-13)16-10-6-14(7-11-16)12-17(19)18(20)21/h6-7,10-11,13,15,17H,2-5,8-9,12,19H2,1H3,(H,20,21)/t13?,15?,17-/m0/s1. The second-order valence-corrected chi connectivity index (χ2v) is 6.40. The molecule has 1 aromatic carbocycles. The summed E-state index contributed by atoms with van der Waals surface area (Å²) in [6, 6.07) is 7.59. The Bertz CT molecular complexity index is 447. The summed E-state index contributed by atoms with van der Waals surface area (Å²) < 4.78 is 0. The van der Waals surface area contributed by atoms with Crippen LogP contribution in [0.15, 0.2) is 24.3 Å². The summed E-state index contributed by atoms with van der Waals surface area (Å²) in [5.74, 6) is 0.674. The minimum Gasteiger partial charge on any atom is -0.480 e. The van der Waals surface area contributed by atoms with Crippen molar-refractivity contribution in [2.75, 3.05) is 0 Å². The largest absolute Gasteiger partial charge is 0.480 e. The highest BCUT2D eigenvalue weighted by Crippen LogP contribution is 2.37. The van der Waals surface area contributed by atoms with Crippen LogP contribution in [0.25, 0.3) is 0 Å². The van der Waals surface area contributed by atoms with Crippen LogP contribution in [0.1, 0.15) is 62.5 Å². The molecule has 21 heavy (non-hydrogen) atoms. The topological polar surface area (TPSA) is 63.3 Å². The van der Waals surface area contributed by atoms with E-state index in [0.717, 1.165) is 11.5 Å². The quantitative estimate of drug-likeness (QED) is 0.839. The Labute approximate surface area is 127 Å². The Morgan fingerprint density at radius 2 is 1.86 bits per heavy atom. The Morgan fingerprint density at radius 1 is 1.24 bits per heavy atom. The molecule has 0 bridgehead atoms. The third-order valence-electron chi connectivity index (χ3n) is 4.77. The second kappa shape index (κ2) is 7.60. The van der Waals surface area contributed by atoms with Crippen LogP contribution in [0.2, 0.25) is 0 Å². The SMILES string of the molecule is CCCC1CCC(c2ccc(C[C@H](N)C(=O)O)cc2)CC1.